The third-order valence-electron chi connectivity index (χ3n) is 2.71. The molecule has 0 aliphatic rings. The Morgan fingerprint density at radius 3 is 2.94 bits per heavy atom. The van der Waals surface area contributed by atoms with Gasteiger partial charge in [0.05, 0.1) is 18.1 Å². The first kappa shape index (κ1) is 13.2. The maximum atomic E-state index is 13.7. The third-order valence-corrected chi connectivity index (χ3v) is 3.21. The van der Waals surface area contributed by atoms with Crippen molar-refractivity contribution in [1.29, 1.82) is 0 Å². The van der Waals surface area contributed by atoms with E-state index in [-0.39, 0.29) is 11.9 Å². The Morgan fingerprint density at radius 1 is 1.56 bits per heavy atom. The van der Waals surface area contributed by atoms with Crippen LogP contribution < -0.4 is 11.3 Å². The van der Waals surface area contributed by atoms with Gasteiger partial charge in [-0.15, -0.1) is 0 Å². The van der Waals surface area contributed by atoms with Crippen molar-refractivity contribution in [2.24, 2.45) is 12.9 Å². The number of aromatic nitrogens is 2. The summed E-state index contributed by atoms with van der Waals surface area (Å²) < 4.78 is 16.3. The number of hydrogen-bond acceptors (Lipinski definition) is 3. The highest BCUT2D eigenvalue weighted by Crippen LogP contribution is 2.21. The lowest BCUT2D eigenvalue weighted by Gasteiger charge is -2.14. The lowest BCUT2D eigenvalue weighted by molar-refractivity contribution is 0.520. The molecular formula is C12H14BrFN4. The molecule has 96 valence electrons. The second-order valence-corrected chi connectivity index (χ2v) is 5.04. The standard InChI is InChI=1S/C12H14BrFN4/c1-18-6-12(16-7-18)11(17-15)5-8-4-9(13)2-3-10(8)14/h2-4,6-7,11,17H,5,15H2,1H3. The summed E-state index contributed by atoms with van der Waals surface area (Å²) in [5.41, 5.74) is 4.06. The minimum Gasteiger partial charge on any atom is -0.340 e. The van der Waals surface area contributed by atoms with E-state index in [9.17, 15) is 4.39 Å². The van der Waals surface area contributed by atoms with E-state index in [2.05, 4.69) is 26.3 Å². The average molecular weight is 313 g/mol. The topological polar surface area (TPSA) is 55.9 Å². The lowest BCUT2D eigenvalue weighted by Crippen LogP contribution is -2.30. The second kappa shape index (κ2) is 5.60. The molecule has 0 bridgehead atoms. The summed E-state index contributed by atoms with van der Waals surface area (Å²) in [4.78, 5) is 4.22. The summed E-state index contributed by atoms with van der Waals surface area (Å²) >= 11 is 3.33. The van der Waals surface area contributed by atoms with Crippen molar-refractivity contribution in [3.8, 4) is 0 Å². The smallest absolute Gasteiger partial charge is 0.126 e. The van der Waals surface area contributed by atoms with Crippen LogP contribution in [-0.4, -0.2) is 9.55 Å². The van der Waals surface area contributed by atoms with Gasteiger partial charge in [-0.05, 0) is 30.2 Å². The van der Waals surface area contributed by atoms with Gasteiger partial charge < -0.3 is 4.57 Å². The van der Waals surface area contributed by atoms with Gasteiger partial charge in [0.15, 0.2) is 0 Å². The van der Waals surface area contributed by atoms with Crippen LogP contribution in [0.1, 0.15) is 17.3 Å². The van der Waals surface area contributed by atoms with Crippen molar-refractivity contribution in [1.82, 2.24) is 15.0 Å². The van der Waals surface area contributed by atoms with Gasteiger partial charge in [0, 0.05) is 17.7 Å². The highest BCUT2D eigenvalue weighted by molar-refractivity contribution is 9.10. The fourth-order valence-electron chi connectivity index (χ4n) is 1.78. The minimum absolute atomic E-state index is 0.213. The highest BCUT2D eigenvalue weighted by Gasteiger charge is 2.15. The molecule has 2 rings (SSSR count). The number of rotatable bonds is 4. The molecule has 0 aliphatic carbocycles. The van der Waals surface area contributed by atoms with Crippen molar-refractivity contribution in [3.05, 3.63) is 52.3 Å². The minimum atomic E-state index is -0.241. The molecule has 0 amide bonds. The van der Waals surface area contributed by atoms with Gasteiger partial charge >= 0.3 is 0 Å². The van der Waals surface area contributed by atoms with Crippen molar-refractivity contribution in [2.75, 3.05) is 0 Å². The summed E-state index contributed by atoms with van der Waals surface area (Å²) in [7, 11) is 1.88. The van der Waals surface area contributed by atoms with Crippen LogP contribution in [0.2, 0.25) is 0 Å². The number of hydrazine groups is 1. The van der Waals surface area contributed by atoms with E-state index in [0.717, 1.165) is 10.2 Å². The fourth-order valence-corrected chi connectivity index (χ4v) is 2.19. The van der Waals surface area contributed by atoms with Crippen molar-refractivity contribution in [3.63, 3.8) is 0 Å². The average Bonchev–Trinajstić information content (AvgIpc) is 2.77. The first-order chi connectivity index (χ1) is 8.60. The second-order valence-electron chi connectivity index (χ2n) is 4.12. The Hall–Kier alpha value is -1.24. The Bertz CT molecular complexity index is 541. The Labute approximate surface area is 113 Å². The quantitative estimate of drug-likeness (QED) is 0.671. The first-order valence-corrected chi connectivity index (χ1v) is 6.27. The molecule has 1 heterocycles. The van der Waals surface area contributed by atoms with Crippen LogP contribution in [0.3, 0.4) is 0 Å². The van der Waals surface area contributed by atoms with Crippen molar-refractivity contribution >= 4 is 15.9 Å². The van der Waals surface area contributed by atoms with Gasteiger partial charge in [-0.1, -0.05) is 15.9 Å². The zero-order valence-electron chi connectivity index (χ0n) is 9.90. The Morgan fingerprint density at radius 2 is 2.33 bits per heavy atom. The predicted octanol–water partition coefficient (Wildman–Crippen LogP) is 2.07. The zero-order chi connectivity index (χ0) is 13.1. The van der Waals surface area contributed by atoms with Crippen LogP contribution in [-0.2, 0) is 13.5 Å². The normalized spacial score (nSPS) is 12.7. The third kappa shape index (κ3) is 2.95. The molecule has 0 spiro atoms. The molecule has 1 atom stereocenters. The number of aryl methyl sites for hydroxylation is 1. The van der Waals surface area contributed by atoms with Gasteiger partial charge in [-0.3, -0.25) is 11.3 Å². The maximum absolute atomic E-state index is 13.7. The van der Waals surface area contributed by atoms with Crippen LogP contribution in [0.15, 0.2) is 35.2 Å². The summed E-state index contributed by atoms with van der Waals surface area (Å²) in [5, 5.41) is 0. The van der Waals surface area contributed by atoms with E-state index in [1.807, 2.05) is 17.8 Å². The van der Waals surface area contributed by atoms with Crippen LogP contribution in [0.25, 0.3) is 0 Å². The van der Waals surface area contributed by atoms with E-state index in [4.69, 9.17) is 5.84 Å². The van der Waals surface area contributed by atoms with Crippen LogP contribution in [0.5, 0.6) is 0 Å². The molecule has 0 fully saturated rings. The molecule has 0 saturated heterocycles. The number of benzene rings is 1. The molecule has 2 aromatic rings. The molecule has 0 radical (unpaired) electrons. The summed E-state index contributed by atoms with van der Waals surface area (Å²) in [6.45, 7) is 0. The number of halogens is 2. The van der Waals surface area contributed by atoms with Gasteiger partial charge in [-0.2, -0.15) is 0 Å². The molecule has 3 N–H and O–H groups in total. The summed E-state index contributed by atoms with van der Waals surface area (Å²) in [6.07, 6.45) is 4.00. The summed E-state index contributed by atoms with van der Waals surface area (Å²) in [6, 6.07) is 4.65. The van der Waals surface area contributed by atoms with Crippen molar-refractivity contribution < 1.29 is 4.39 Å². The van der Waals surface area contributed by atoms with Gasteiger partial charge in [0.25, 0.3) is 0 Å². The van der Waals surface area contributed by atoms with E-state index < -0.39 is 0 Å². The predicted molar refractivity (Wildman–Crippen MR) is 71.1 cm³/mol. The van der Waals surface area contributed by atoms with Gasteiger partial charge in [0.2, 0.25) is 0 Å². The highest BCUT2D eigenvalue weighted by atomic mass is 79.9. The van der Waals surface area contributed by atoms with Crippen molar-refractivity contribution in [2.45, 2.75) is 12.5 Å². The molecule has 1 aromatic carbocycles. The molecule has 1 aromatic heterocycles. The fraction of sp³-hybridized carbons (Fsp3) is 0.250. The molecule has 0 saturated carbocycles. The molecule has 6 heteroatoms. The van der Waals surface area contributed by atoms with E-state index in [1.165, 1.54) is 6.07 Å². The largest absolute Gasteiger partial charge is 0.340 e. The Kier molecular flexibility index (Phi) is 4.11. The van der Waals surface area contributed by atoms with Gasteiger partial charge in [-0.25, -0.2) is 9.37 Å². The molecule has 4 nitrogen and oxygen atoms in total. The number of nitrogens with one attached hydrogen (secondary N) is 1. The zero-order valence-corrected chi connectivity index (χ0v) is 11.5. The monoisotopic (exact) mass is 312 g/mol. The first-order valence-electron chi connectivity index (χ1n) is 5.48. The van der Waals surface area contributed by atoms with E-state index in [0.29, 0.717) is 12.0 Å². The van der Waals surface area contributed by atoms with E-state index >= 15 is 0 Å². The van der Waals surface area contributed by atoms with Crippen LogP contribution in [0, 0.1) is 5.82 Å². The number of nitrogens with two attached hydrogens (primary N) is 1. The SMILES string of the molecule is Cn1cnc(C(Cc2cc(Br)ccc2F)NN)c1. The number of nitrogens with zero attached hydrogens (tertiary/aromatic N) is 2. The molecule has 1 unspecified atom stereocenters. The number of imidazole rings is 1. The number of hydrogen-bond donors (Lipinski definition) is 2. The van der Waals surface area contributed by atoms with Crippen LogP contribution >= 0.6 is 15.9 Å². The Balaban J connectivity index is 2.22. The lowest BCUT2D eigenvalue weighted by atomic mass is 10.0. The molecular weight excluding hydrogens is 299 g/mol. The maximum Gasteiger partial charge on any atom is 0.126 e. The molecule has 18 heavy (non-hydrogen) atoms. The molecule has 0 aliphatic heterocycles. The van der Waals surface area contributed by atoms with Gasteiger partial charge in [0.1, 0.15) is 5.82 Å². The van der Waals surface area contributed by atoms with Crippen LogP contribution in [0.4, 0.5) is 4.39 Å². The van der Waals surface area contributed by atoms with E-state index in [1.54, 1.807) is 18.5 Å². The summed E-state index contributed by atoms with van der Waals surface area (Å²) in [5.74, 6) is 5.28.